The van der Waals surface area contributed by atoms with E-state index in [1.807, 2.05) is 0 Å². The number of carbonyl (C=O) groups excluding carboxylic acids is 1. The van der Waals surface area contributed by atoms with Gasteiger partial charge in [-0.05, 0) is 37.0 Å². The summed E-state index contributed by atoms with van der Waals surface area (Å²) in [6.45, 7) is 0.352. The Bertz CT molecular complexity index is 499. The minimum atomic E-state index is -4.55. The Hall–Kier alpha value is -1.76. The Labute approximate surface area is 114 Å². The molecule has 1 aromatic rings. The lowest BCUT2D eigenvalue weighted by Crippen LogP contribution is -2.19. The first kappa shape index (κ1) is 14.6. The van der Waals surface area contributed by atoms with Crippen LogP contribution in [0.15, 0.2) is 18.2 Å². The standard InChI is InChI=1S/C13H15F3N2O2/c14-13(15,16)10-5-9(3-4-11(10)17)18-12(19)7-20-6-8-1-2-8/h3-5,8H,1-2,6-7,17H2,(H,18,19). The number of anilines is 2. The van der Waals surface area contributed by atoms with Gasteiger partial charge in [0.05, 0.1) is 12.2 Å². The molecular formula is C13H15F3N2O2. The van der Waals surface area contributed by atoms with Crippen molar-refractivity contribution in [1.29, 1.82) is 0 Å². The third kappa shape index (κ3) is 4.12. The van der Waals surface area contributed by atoms with Crippen LogP contribution < -0.4 is 11.1 Å². The highest BCUT2D eigenvalue weighted by Gasteiger charge is 2.33. The molecule has 0 unspecified atom stereocenters. The smallest absolute Gasteiger partial charge is 0.398 e. The molecule has 20 heavy (non-hydrogen) atoms. The number of ether oxygens (including phenoxy) is 1. The number of halogens is 3. The highest BCUT2D eigenvalue weighted by Crippen LogP contribution is 2.35. The van der Waals surface area contributed by atoms with Crippen LogP contribution in [-0.4, -0.2) is 19.1 Å². The van der Waals surface area contributed by atoms with Crippen LogP contribution in [0.1, 0.15) is 18.4 Å². The number of carbonyl (C=O) groups is 1. The van der Waals surface area contributed by atoms with Crippen LogP contribution in [0.5, 0.6) is 0 Å². The van der Waals surface area contributed by atoms with E-state index in [0.29, 0.717) is 12.5 Å². The number of alkyl halides is 3. The molecule has 3 N–H and O–H groups in total. The summed E-state index contributed by atoms with van der Waals surface area (Å²) in [5, 5.41) is 2.36. The fourth-order valence-electron chi connectivity index (χ4n) is 1.68. The van der Waals surface area contributed by atoms with Gasteiger partial charge in [-0.1, -0.05) is 0 Å². The molecule has 1 saturated carbocycles. The quantitative estimate of drug-likeness (QED) is 0.819. The minimum absolute atomic E-state index is 0.0477. The molecule has 110 valence electrons. The van der Waals surface area contributed by atoms with Crippen molar-refractivity contribution in [3.8, 4) is 0 Å². The van der Waals surface area contributed by atoms with E-state index in [4.69, 9.17) is 10.5 Å². The average molecular weight is 288 g/mol. The topological polar surface area (TPSA) is 64.3 Å². The zero-order valence-electron chi connectivity index (χ0n) is 10.7. The summed E-state index contributed by atoms with van der Waals surface area (Å²) in [6, 6.07) is 3.25. The van der Waals surface area contributed by atoms with E-state index >= 15 is 0 Å². The zero-order valence-corrected chi connectivity index (χ0v) is 10.7. The molecule has 1 aliphatic rings. The van der Waals surface area contributed by atoms with E-state index in [-0.39, 0.29) is 18.0 Å². The number of rotatable bonds is 5. The third-order valence-electron chi connectivity index (χ3n) is 2.93. The van der Waals surface area contributed by atoms with Gasteiger partial charge in [0.1, 0.15) is 6.61 Å². The van der Waals surface area contributed by atoms with Crippen LogP contribution in [0.2, 0.25) is 0 Å². The van der Waals surface area contributed by atoms with Crippen molar-refractivity contribution in [2.24, 2.45) is 5.92 Å². The second-order valence-electron chi connectivity index (χ2n) is 4.81. The van der Waals surface area contributed by atoms with Crippen LogP contribution in [-0.2, 0) is 15.7 Å². The van der Waals surface area contributed by atoms with Gasteiger partial charge in [0.25, 0.3) is 0 Å². The monoisotopic (exact) mass is 288 g/mol. The molecule has 0 aliphatic heterocycles. The lowest BCUT2D eigenvalue weighted by atomic mass is 10.1. The predicted octanol–water partition coefficient (Wildman–Crippen LogP) is 2.65. The molecule has 0 heterocycles. The summed E-state index contributed by atoms with van der Waals surface area (Å²) >= 11 is 0. The molecule has 1 aliphatic carbocycles. The van der Waals surface area contributed by atoms with Crippen molar-refractivity contribution in [2.75, 3.05) is 24.3 Å². The summed E-state index contributed by atoms with van der Waals surface area (Å²) < 4.78 is 43.1. The van der Waals surface area contributed by atoms with Gasteiger partial charge in [-0.15, -0.1) is 0 Å². The molecule has 0 bridgehead atoms. The minimum Gasteiger partial charge on any atom is -0.398 e. The number of hydrogen-bond acceptors (Lipinski definition) is 3. The Kier molecular flexibility index (Phi) is 4.17. The second kappa shape index (κ2) is 5.70. The van der Waals surface area contributed by atoms with Crippen molar-refractivity contribution in [1.82, 2.24) is 0 Å². The highest BCUT2D eigenvalue weighted by molar-refractivity contribution is 5.92. The van der Waals surface area contributed by atoms with Crippen LogP contribution in [0, 0.1) is 5.92 Å². The molecule has 4 nitrogen and oxygen atoms in total. The summed E-state index contributed by atoms with van der Waals surface area (Å²) in [6.07, 6.45) is -2.34. The first-order chi connectivity index (χ1) is 9.36. The summed E-state index contributed by atoms with van der Waals surface area (Å²) in [7, 11) is 0. The maximum absolute atomic E-state index is 12.6. The van der Waals surface area contributed by atoms with Crippen molar-refractivity contribution in [3.63, 3.8) is 0 Å². The lowest BCUT2D eigenvalue weighted by molar-refractivity contribution is -0.137. The van der Waals surface area contributed by atoms with Crippen molar-refractivity contribution >= 4 is 17.3 Å². The third-order valence-corrected chi connectivity index (χ3v) is 2.93. The van der Waals surface area contributed by atoms with Crippen LogP contribution in [0.3, 0.4) is 0 Å². The molecule has 0 aromatic heterocycles. The van der Waals surface area contributed by atoms with Crippen LogP contribution in [0.4, 0.5) is 24.5 Å². The van der Waals surface area contributed by atoms with Gasteiger partial charge >= 0.3 is 6.18 Å². The van der Waals surface area contributed by atoms with Crippen LogP contribution in [0.25, 0.3) is 0 Å². The van der Waals surface area contributed by atoms with Crippen molar-refractivity contribution in [3.05, 3.63) is 23.8 Å². The number of nitrogen functional groups attached to an aromatic ring is 1. The Balaban J connectivity index is 1.92. The van der Waals surface area contributed by atoms with Crippen LogP contribution >= 0.6 is 0 Å². The molecule has 1 aromatic carbocycles. The van der Waals surface area contributed by atoms with E-state index in [1.54, 1.807) is 0 Å². The first-order valence-electron chi connectivity index (χ1n) is 6.20. The molecule has 7 heteroatoms. The predicted molar refractivity (Wildman–Crippen MR) is 68.0 cm³/mol. The molecule has 0 saturated heterocycles. The molecule has 0 atom stereocenters. The largest absolute Gasteiger partial charge is 0.418 e. The van der Waals surface area contributed by atoms with E-state index in [1.165, 1.54) is 6.07 Å². The van der Waals surface area contributed by atoms with E-state index in [2.05, 4.69) is 5.32 Å². The Morgan fingerprint density at radius 3 is 2.70 bits per heavy atom. The number of benzene rings is 1. The number of amides is 1. The van der Waals surface area contributed by atoms with Gasteiger partial charge in [0.2, 0.25) is 5.91 Å². The fraction of sp³-hybridized carbons (Fsp3) is 0.462. The Morgan fingerprint density at radius 2 is 2.10 bits per heavy atom. The summed E-state index contributed by atoms with van der Waals surface area (Å²) in [5.74, 6) is 0.0414. The number of nitrogens with one attached hydrogen (secondary N) is 1. The lowest BCUT2D eigenvalue weighted by Gasteiger charge is -2.12. The van der Waals surface area contributed by atoms with Gasteiger partial charge < -0.3 is 15.8 Å². The van der Waals surface area contributed by atoms with Gasteiger partial charge in [-0.25, -0.2) is 0 Å². The highest BCUT2D eigenvalue weighted by atomic mass is 19.4. The zero-order chi connectivity index (χ0) is 14.8. The molecule has 2 rings (SSSR count). The molecule has 0 radical (unpaired) electrons. The van der Waals surface area contributed by atoms with Gasteiger partial charge in [-0.3, -0.25) is 4.79 Å². The number of hydrogen-bond donors (Lipinski definition) is 2. The van der Waals surface area contributed by atoms with Crippen molar-refractivity contribution < 1.29 is 22.7 Å². The SMILES string of the molecule is Nc1ccc(NC(=O)COCC2CC2)cc1C(F)(F)F. The summed E-state index contributed by atoms with van der Waals surface area (Å²) in [4.78, 5) is 11.5. The molecule has 1 amide bonds. The Morgan fingerprint density at radius 1 is 1.40 bits per heavy atom. The average Bonchev–Trinajstić information content (AvgIpc) is 3.14. The maximum atomic E-state index is 12.6. The number of nitrogens with two attached hydrogens (primary N) is 1. The summed E-state index contributed by atoms with van der Waals surface area (Å²) in [5.41, 5.74) is 3.98. The van der Waals surface area contributed by atoms with Crippen molar-refractivity contribution in [2.45, 2.75) is 19.0 Å². The molecule has 1 fully saturated rings. The molecule has 0 spiro atoms. The molecular weight excluding hydrogens is 273 g/mol. The second-order valence-corrected chi connectivity index (χ2v) is 4.81. The maximum Gasteiger partial charge on any atom is 0.418 e. The van der Waals surface area contributed by atoms with Gasteiger partial charge in [0.15, 0.2) is 0 Å². The first-order valence-corrected chi connectivity index (χ1v) is 6.20. The van der Waals surface area contributed by atoms with E-state index in [9.17, 15) is 18.0 Å². The van der Waals surface area contributed by atoms with E-state index in [0.717, 1.165) is 25.0 Å². The normalized spacial score (nSPS) is 15.2. The van der Waals surface area contributed by atoms with Gasteiger partial charge in [-0.2, -0.15) is 13.2 Å². The van der Waals surface area contributed by atoms with Gasteiger partial charge in [0, 0.05) is 11.4 Å². The fourth-order valence-corrected chi connectivity index (χ4v) is 1.68. The van der Waals surface area contributed by atoms with E-state index < -0.39 is 17.6 Å².